The van der Waals surface area contributed by atoms with E-state index in [1.54, 1.807) is 9.47 Å². The fourth-order valence-corrected chi connectivity index (χ4v) is 6.98. The van der Waals surface area contributed by atoms with E-state index in [0.717, 1.165) is 41.4 Å². The molecule has 1 amide bonds. The average Bonchev–Trinajstić information content (AvgIpc) is 3.57. The number of fused-ring (bicyclic) bond motifs is 2. The van der Waals surface area contributed by atoms with Crippen LogP contribution in [0.15, 0.2) is 77.6 Å². The van der Waals surface area contributed by atoms with Gasteiger partial charge in [-0.3, -0.25) is 9.36 Å². The summed E-state index contributed by atoms with van der Waals surface area (Å²) in [6.07, 6.45) is 2.20. The smallest absolute Gasteiger partial charge is 0.410 e. The number of aromatic nitrogens is 4. The van der Waals surface area contributed by atoms with E-state index >= 15 is 0 Å². The molecular formula is C38H40N8O4. The number of anilines is 1. The van der Waals surface area contributed by atoms with Gasteiger partial charge in [0, 0.05) is 37.5 Å². The zero-order valence-electron chi connectivity index (χ0n) is 28.4. The molecule has 3 aromatic carbocycles. The normalized spacial score (nSPS) is 18.0. The van der Waals surface area contributed by atoms with Crippen LogP contribution in [0.5, 0.6) is 6.01 Å². The van der Waals surface area contributed by atoms with Gasteiger partial charge < -0.3 is 24.2 Å². The van der Waals surface area contributed by atoms with Crippen molar-refractivity contribution in [2.45, 2.75) is 51.3 Å². The fraction of sp³-hybridized carbons (Fsp3) is 0.368. The molecule has 5 aromatic rings. The van der Waals surface area contributed by atoms with Crippen molar-refractivity contribution in [1.29, 1.82) is 5.26 Å². The molecule has 0 radical (unpaired) electrons. The van der Waals surface area contributed by atoms with E-state index in [4.69, 9.17) is 24.4 Å². The highest BCUT2D eigenvalue weighted by Gasteiger charge is 2.34. The Morgan fingerprint density at radius 1 is 0.940 bits per heavy atom. The van der Waals surface area contributed by atoms with Crippen molar-refractivity contribution in [3.63, 3.8) is 0 Å². The SMILES string of the molecule is CCc1nc2c(N3CCN(C(=O)OCc4ccccc4)C(CC#N)C3)nc(OCC3CCCN3C)nc2c(=O)n1-c1cccc2ccccc12. The summed E-state index contributed by atoms with van der Waals surface area (Å²) in [5, 5.41) is 11.7. The summed E-state index contributed by atoms with van der Waals surface area (Å²) in [7, 11) is 2.08. The molecule has 256 valence electrons. The van der Waals surface area contributed by atoms with Gasteiger partial charge in [0.25, 0.3) is 5.56 Å². The summed E-state index contributed by atoms with van der Waals surface area (Å²) in [5.41, 5.74) is 1.81. The Hall–Kier alpha value is -5.54. The number of rotatable bonds is 9. The van der Waals surface area contributed by atoms with Crippen LogP contribution in [0.25, 0.3) is 27.5 Å². The summed E-state index contributed by atoms with van der Waals surface area (Å²) in [6.45, 7) is 4.46. The minimum Gasteiger partial charge on any atom is -0.462 e. The van der Waals surface area contributed by atoms with Crippen LogP contribution in [0.2, 0.25) is 0 Å². The van der Waals surface area contributed by atoms with Crippen LogP contribution in [-0.4, -0.2) is 87.3 Å². The number of amides is 1. The lowest BCUT2D eigenvalue weighted by atomic mass is 10.1. The van der Waals surface area contributed by atoms with Crippen molar-refractivity contribution in [3.8, 4) is 17.8 Å². The van der Waals surface area contributed by atoms with Crippen LogP contribution >= 0.6 is 0 Å². The highest BCUT2D eigenvalue weighted by molar-refractivity contribution is 5.91. The second-order valence-electron chi connectivity index (χ2n) is 12.8. The Morgan fingerprint density at radius 3 is 2.52 bits per heavy atom. The van der Waals surface area contributed by atoms with Gasteiger partial charge in [-0.1, -0.05) is 73.7 Å². The van der Waals surface area contributed by atoms with Gasteiger partial charge in [0.1, 0.15) is 24.6 Å². The van der Waals surface area contributed by atoms with Crippen molar-refractivity contribution < 1.29 is 14.3 Å². The quantitative estimate of drug-likeness (QED) is 0.208. The minimum absolute atomic E-state index is 0.0961. The van der Waals surface area contributed by atoms with Crippen LogP contribution in [0.4, 0.5) is 10.6 Å². The minimum atomic E-state index is -0.477. The zero-order chi connectivity index (χ0) is 34.6. The molecule has 2 atom stereocenters. The van der Waals surface area contributed by atoms with E-state index < -0.39 is 12.1 Å². The third-order valence-corrected chi connectivity index (χ3v) is 9.70. The first-order chi connectivity index (χ1) is 24.4. The number of carbonyl (C=O) groups excluding carboxylic acids is 1. The molecule has 0 spiro atoms. The first-order valence-electron chi connectivity index (χ1n) is 17.2. The topological polar surface area (TPSA) is 130 Å². The number of piperazine rings is 1. The van der Waals surface area contributed by atoms with Crippen LogP contribution in [0, 0.1) is 11.3 Å². The first kappa shape index (κ1) is 33.0. The summed E-state index contributed by atoms with van der Waals surface area (Å²) < 4.78 is 13.5. The van der Waals surface area contributed by atoms with Gasteiger partial charge >= 0.3 is 12.1 Å². The van der Waals surface area contributed by atoms with E-state index in [-0.39, 0.29) is 36.2 Å². The molecule has 2 aliphatic heterocycles. The predicted octanol–water partition coefficient (Wildman–Crippen LogP) is 5.11. The Morgan fingerprint density at radius 2 is 1.74 bits per heavy atom. The Bertz CT molecular complexity index is 2110. The van der Waals surface area contributed by atoms with Crippen LogP contribution < -0.4 is 15.2 Å². The number of nitrogens with zero attached hydrogens (tertiary/aromatic N) is 8. The lowest BCUT2D eigenvalue weighted by molar-refractivity contribution is 0.0768. The molecule has 2 unspecified atom stereocenters. The van der Waals surface area contributed by atoms with Crippen LogP contribution in [0.1, 0.15) is 37.6 Å². The second-order valence-corrected chi connectivity index (χ2v) is 12.8. The molecule has 4 heterocycles. The Labute approximate surface area is 290 Å². The fourth-order valence-electron chi connectivity index (χ4n) is 6.98. The Balaban J connectivity index is 1.28. The van der Waals surface area contributed by atoms with Crippen molar-refractivity contribution in [2.24, 2.45) is 0 Å². The molecule has 0 saturated carbocycles. The molecule has 2 aliphatic rings. The molecule has 2 saturated heterocycles. The van der Waals surface area contributed by atoms with Crippen molar-refractivity contribution in [2.75, 3.05) is 44.7 Å². The van der Waals surface area contributed by atoms with Gasteiger partial charge in [-0.2, -0.15) is 15.2 Å². The summed E-state index contributed by atoms with van der Waals surface area (Å²) in [4.78, 5) is 48.3. The van der Waals surface area contributed by atoms with Gasteiger partial charge in [0.2, 0.25) is 0 Å². The number of carbonyl (C=O) groups is 1. The third kappa shape index (κ3) is 6.56. The van der Waals surface area contributed by atoms with Gasteiger partial charge in [-0.15, -0.1) is 0 Å². The molecule has 0 bridgehead atoms. The van der Waals surface area contributed by atoms with E-state index in [0.29, 0.717) is 49.8 Å². The molecule has 2 aromatic heterocycles. The van der Waals surface area contributed by atoms with Crippen LogP contribution in [0.3, 0.4) is 0 Å². The maximum Gasteiger partial charge on any atom is 0.410 e. The van der Waals surface area contributed by atoms with Crippen LogP contribution in [-0.2, 0) is 17.8 Å². The molecular weight excluding hydrogens is 632 g/mol. The van der Waals surface area contributed by atoms with Crippen molar-refractivity contribution in [1.82, 2.24) is 29.3 Å². The van der Waals surface area contributed by atoms with Gasteiger partial charge in [0.15, 0.2) is 11.3 Å². The summed E-state index contributed by atoms with van der Waals surface area (Å²) in [6, 6.07) is 25.4. The number of nitriles is 1. The third-order valence-electron chi connectivity index (χ3n) is 9.70. The maximum absolute atomic E-state index is 14.6. The first-order valence-corrected chi connectivity index (χ1v) is 17.2. The van der Waals surface area contributed by atoms with Crippen molar-refractivity contribution >= 4 is 33.7 Å². The number of hydrogen-bond acceptors (Lipinski definition) is 10. The number of hydrogen-bond donors (Lipinski definition) is 0. The largest absolute Gasteiger partial charge is 0.462 e. The molecule has 0 N–H and O–H groups in total. The number of likely N-dealkylation sites (tertiary alicyclic amines) is 1. The van der Waals surface area contributed by atoms with Gasteiger partial charge in [-0.25, -0.2) is 9.78 Å². The van der Waals surface area contributed by atoms with Gasteiger partial charge in [-0.05, 0) is 43.5 Å². The number of likely N-dealkylation sites (N-methyl/N-ethyl adjacent to an activating group) is 1. The highest BCUT2D eigenvalue weighted by atomic mass is 16.6. The summed E-state index contributed by atoms with van der Waals surface area (Å²) >= 11 is 0. The molecule has 50 heavy (non-hydrogen) atoms. The molecule has 0 aliphatic carbocycles. The molecule has 2 fully saturated rings. The lowest BCUT2D eigenvalue weighted by Gasteiger charge is -2.40. The van der Waals surface area contributed by atoms with E-state index in [2.05, 4.69) is 18.0 Å². The van der Waals surface area contributed by atoms with E-state index in [1.165, 1.54) is 0 Å². The molecule has 12 heteroatoms. The highest BCUT2D eigenvalue weighted by Crippen LogP contribution is 2.29. The second kappa shape index (κ2) is 14.5. The van der Waals surface area contributed by atoms with Crippen molar-refractivity contribution in [3.05, 3.63) is 94.5 Å². The average molecular weight is 673 g/mol. The maximum atomic E-state index is 14.6. The van der Waals surface area contributed by atoms with E-state index in [1.807, 2.05) is 84.6 Å². The van der Waals surface area contributed by atoms with Gasteiger partial charge in [0.05, 0.1) is 24.2 Å². The predicted molar refractivity (Wildman–Crippen MR) is 191 cm³/mol. The molecule has 7 rings (SSSR count). The monoisotopic (exact) mass is 672 g/mol. The zero-order valence-corrected chi connectivity index (χ0v) is 28.4. The standard InChI is InChI=1S/C38H40N8O4/c1-3-32-40-33-34(36(47)46(32)31-17-9-14-27-13-7-8-16-30(27)31)41-37(49-25-29-15-10-20-43(29)2)42-35(33)44-21-22-45(28(23-44)18-19-39)38(48)50-24-26-11-5-4-6-12-26/h4-9,11-14,16-17,28-29H,3,10,15,18,20-25H2,1-2H3. The number of benzene rings is 3. The Kier molecular flexibility index (Phi) is 9.58. The lowest BCUT2D eigenvalue weighted by Crippen LogP contribution is -2.55. The summed E-state index contributed by atoms with van der Waals surface area (Å²) in [5.74, 6) is 1.02. The molecule has 12 nitrogen and oxygen atoms in total. The number of ether oxygens (including phenoxy) is 2. The number of aryl methyl sites for hydroxylation is 1. The van der Waals surface area contributed by atoms with E-state index in [9.17, 15) is 14.9 Å².